The van der Waals surface area contributed by atoms with Gasteiger partial charge in [-0.3, -0.25) is 0 Å². The Hall–Kier alpha value is -7.62. The third-order valence-corrected chi connectivity index (χ3v) is 9.09. The molecule has 0 saturated carbocycles. The van der Waals surface area contributed by atoms with E-state index in [-0.39, 0.29) is 55.9 Å². The fourth-order valence-corrected chi connectivity index (χ4v) is 6.59. The number of benzene rings is 4. The molecule has 6 aromatic rings. The van der Waals surface area contributed by atoms with Crippen molar-refractivity contribution < 1.29 is 39.6 Å². The molecule has 0 aliphatic carbocycles. The van der Waals surface area contributed by atoms with Gasteiger partial charge in [0, 0.05) is 43.8 Å². The van der Waals surface area contributed by atoms with Gasteiger partial charge in [-0.2, -0.15) is 0 Å². The second-order valence-corrected chi connectivity index (χ2v) is 12.1. The summed E-state index contributed by atoms with van der Waals surface area (Å²) in [4.78, 5) is 83.2. The maximum atomic E-state index is 12.0. The molecule has 2 aromatic heterocycles. The summed E-state index contributed by atoms with van der Waals surface area (Å²) >= 11 is 0. The minimum atomic E-state index is -1.17. The van der Waals surface area contributed by atoms with E-state index in [2.05, 4.69) is 9.97 Å². The first-order chi connectivity index (χ1) is 25.0. The van der Waals surface area contributed by atoms with Crippen LogP contribution in [0.3, 0.4) is 0 Å². The maximum absolute atomic E-state index is 12.0. The highest BCUT2D eigenvalue weighted by Crippen LogP contribution is 2.33. The number of carboxylic acids is 4. The van der Waals surface area contributed by atoms with Crippen LogP contribution < -0.4 is 22.0 Å². The Labute approximate surface area is 287 Å². The maximum Gasteiger partial charge on any atom is 0.335 e. The number of carboxylic acid groups (broad SMARTS) is 4. The molecule has 0 saturated heterocycles. The lowest BCUT2D eigenvalue weighted by molar-refractivity contribution is 0.0686. The molecule has 16 nitrogen and oxygen atoms in total. The van der Waals surface area contributed by atoms with Gasteiger partial charge >= 0.3 is 23.9 Å². The number of nitrogens with zero attached hydrogens (tertiary/aromatic N) is 6. The van der Waals surface area contributed by atoms with Crippen molar-refractivity contribution in [3.05, 3.63) is 139 Å². The lowest BCUT2D eigenvalue weighted by Crippen LogP contribution is -2.14. The third kappa shape index (κ3) is 4.69. The molecule has 2 unspecified atom stereocenters. The van der Waals surface area contributed by atoms with E-state index >= 15 is 0 Å². The molecule has 5 heterocycles. The Morgan fingerprint density at radius 2 is 0.808 bits per heavy atom. The molecule has 0 radical (unpaired) electrons. The van der Waals surface area contributed by atoms with E-state index in [1.165, 1.54) is 48.5 Å². The molecule has 8 bridgehead atoms. The smallest absolute Gasteiger partial charge is 0.335 e. The van der Waals surface area contributed by atoms with Gasteiger partial charge in [-0.15, -0.1) is 0 Å². The number of nitrogens with one attached hydrogen (secondary N) is 2. The van der Waals surface area contributed by atoms with E-state index in [1.807, 2.05) is 0 Å². The highest BCUT2D eigenvalue weighted by molar-refractivity contribution is 6.07. The molecule has 3 aliphatic rings. The van der Waals surface area contributed by atoms with Crippen LogP contribution in [0.15, 0.2) is 103 Å². The number of amidine groups is 2. The number of rotatable bonds is 4. The minimum absolute atomic E-state index is 0.00156. The van der Waals surface area contributed by atoms with E-state index in [0.717, 1.165) is 0 Å². The number of aromatic nitrogens is 2. The summed E-state index contributed by atoms with van der Waals surface area (Å²) in [6.45, 7) is 0. The minimum Gasteiger partial charge on any atom is -0.478 e. The average molecular weight is 693 g/mol. The first-order valence-electron chi connectivity index (χ1n) is 15.6. The highest BCUT2D eigenvalue weighted by Gasteiger charge is 2.29. The Bertz CT molecular complexity index is 3010. The van der Waals surface area contributed by atoms with E-state index < -0.39 is 36.2 Å². The van der Waals surface area contributed by atoms with E-state index in [0.29, 0.717) is 43.8 Å². The summed E-state index contributed by atoms with van der Waals surface area (Å²) in [6, 6.07) is 17.8. The second kappa shape index (κ2) is 10.9. The Balaban J connectivity index is 1.42. The van der Waals surface area contributed by atoms with Crippen LogP contribution in [-0.2, 0) is 0 Å². The van der Waals surface area contributed by atoms with Gasteiger partial charge in [-0.05, 0) is 60.7 Å². The van der Waals surface area contributed by atoms with Crippen LogP contribution >= 0.6 is 0 Å². The van der Waals surface area contributed by atoms with Crippen molar-refractivity contribution in [3.63, 3.8) is 0 Å². The standard InChI is InChI=1S/C36H20N8O8/c45-33(46)13-1-5-17-21(9-13)29-38-25(17)37-26-18-6-2-15(35(49)50)11-23(18)31(39-26)44-32-24-12-16(36(51)52)4-8-20(24)28(43-32)42-30-22-10-14(34(47)48)3-7-19(22)27(40-29)41-30/h1-12,25,28H,(H,45,46)(H,47,48)(H,49,50)(H,51,52)(H,37,39,43,44)(H,38,40,41,42). The molecule has 16 heteroatoms. The topological polar surface area (TPSA) is 255 Å². The number of carbonyl (C=O) groups is 4. The molecule has 0 spiro atoms. The van der Waals surface area contributed by atoms with Gasteiger partial charge in [0.1, 0.15) is 22.0 Å². The van der Waals surface area contributed by atoms with E-state index in [4.69, 9.17) is 30.0 Å². The fraction of sp³-hybridized carbons (Fsp3) is 0.0556. The van der Waals surface area contributed by atoms with Gasteiger partial charge < -0.3 is 30.4 Å². The van der Waals surface area contributed by atoms with Gasteiger partial charge in [0.25, 0.3) is 0 Å². The molecule has 2 atom stereocenters. The number of hydrogen-bond acceptors (Lipinski definition) is 10. The molecule has 0 amide bonds. The van der Waals surface area contributed by atoms with E-state index in [9.17, 15) is 39.6 Å². The quantitative estimate of drug-likeness (QED) is 0.160. The number of fused-ring (bicyclic) bond motifs is 18. The van der Waals surface area contributed by atoms with Crippen molar-refractivity contribution in [1.82, 2.24) is 9.97 Å². The van der Waals surface area contributed by atoms with Crippen LogP contribution in [0.2, 0.25) is 0 Å². The van der Waals surface area contributed by atoms with Crippen molar-refractivity contribution in [2.75, 3.05) is 0 Å². The van der Waals surface area contributed by atoms with Crippen molar-refractivity contribution in [3.8, 4) is 0 Å². The summed E-state index contributed by atoms with van der Waals surface area (Å²) in [5.74, 6) is -4.41. The lowest BCUT2D eigenvalue weighted by Gasteiger charge is -2.05. The van der Waals surface area contributed by atoms with Crippen LogP contribution in [-0.4, -0.2) is 65.9 Å². The van der Waals surface area contributed by atoms with Crippen LogP contribution in [0.5, 0.6) is 0 Å². The van der Waals surface area contributed by atoms with Crippen molar-refractivity contribution in [2.45, 2.75) is 12.3 Å². The molecular formula is C36H20N8O8. The third-order valence-electron chi connectivity index (χ3n) is 9.09. The van der Waals surface area contributed by atoms with Gasteiger partial charge in [-0.1, -0.05) is 12.1 Å². The summed E-state index contributed by atoms with van der Waals surface area (Å²) in [6.07, 6.45) is -1.89. The Morgan fingerprint density at radius 1 is 0.442 bits per heavy atom. The summed E-state index contributed by atoms with van der Waals surface area (Å²) < 4.78 is 0. The first kappa shape index (κ1) is 30.4. The van der Waals surface area contributed by atoms with Crippen molar-refractivity contribution >= 4 is 57.1 Å². The zero-order chi connectivity index (χ0) is 36.0. The summed E-state index contributed by atoms with van der Waals surface area (Å²) in [5.41, 5.74) is 2.71. The van der Waals surface area contributed by atoms with Crippen molar-refractivity contribution in [1.29, 1.82) is 0 Å². The summed E-state index contributed by atoms with van der Waals surface area (Å²) in [5, 5.41) is 41.0. The number of aromatic carboxylic acids is 4. The van der Waals surface area contributed by atoms with Gasteiger partial charge in [0.15, 0.2) is 24.0 Å². The van der Waals surface area contributed by atoms with E-state index in [1.54, 1.807) is 24.3 Å². The monoisotopic (exact) mass is 692 g/mol. The highest BCUT2D eigenvalue weighted by atomic mass is 16.4. The molecule has 252 valence electrons. The van der Waals surface area contributed by atoms with Crippen molar-refractivity contribution in [2.24, 2.45) is 30.0 Å². The molecule has 52 heavy (non-hydrogen) atoms. The number of aliphatic imine (C=N–C) groups is 2. The zero-order valence-corrected chi connectivity index (χ0v) is 26.2. The molecule has 4 aromatic carbocycles. The number of hydrogen-bond donors (Lipinski definition) is 6. The molecule has 9 rings (SSSR count). The Morgan fingerprint density at radius 3 is 1.27 bits per heavy atom. The fourth-order valence-electron chi connectivity index (χ4n) is 6.59. The van der Waals surface area contributed by atoms with Gasteiger partial charge in [0.05, 0.1) is 22.3 Å². The number of aromatic amines is 2. The second-order valence-electron chi connectivity index (χ2n) is 12.1. The van der Waals surface area contributed by atoms with Crippen LogP contribution in [0.25, 0.3) is 21.5 Å². The predicted octanol–water partition coefficient (Wildman–Crippen LogP) is 2.55. The largest absolute Gasteiger partial charge is 0.478 e. The molecule has 6 N–H and O–H groups in total. The van der Waals surface area contributed by atoms with Crippen LogP contribution in [0.4, 0.5) is 0 Å². The first-order valence-corrected chi connectivity index (χ1v) is 15.6. The number of H-pyrrole nitrogens is 2. The normalized spacial score (nSPS) is 18.1. The molecule has 3 aliphatic heterocycles. The SMILES string of the molecule is O=C(O)c1ccc2c(c1)C1=NC2/N=c2\[nH]c(c3ccc(C(=O)O)cc23)=NC2=NC(/N=c3\[nH]c(c4cc(C(=O)O)ccc34)=N1)c1ccc(C(=O)O)cc12. The predicted molar refractivity (Wildman–Crippen MR) is 180 cm³/mol. The molecular weight excluding hydrogens is 672 g/mol. The average Bonchev–Trinajstić information content (AvgIpc) is 3.85. The van der Waals surface area contributed by atoms with Crippen LogP contribution in [0, 0.1) is 0 Å². The van der Waals surface area contributed by atoms with Gasteiger partial charge in [0.2, 0.25) is 0 Å². The van der Waals surface area contributed by atoms with Gasteiger partial charge in [-0.25, -0.2) is 49.1 Å². The zero-order valence-electron chi connectivity index (χ0n) is 26.2. The summed E-state index contributed by atoms with van der Waals surface area (Å²) in [7, 11) is 0. The Kier molecular flexibility index (Phi) is 6.41. The lowest BCUT2D eigenvalue weighted by atomic mass is 10.0. The van der Waals surface area contributed by atoms with Crippen LogP contribution in [0.1, 0.15) is 76.0 Å². The molecule has 0 fully saturated rings.